The summed E-state index contributed by atoms with van der Waals surface area (Å²) in [7, 11) is 12.5. The first-order valence-electron chi connectivity index (χ1n) is 51.7. The van der Waals surface area contributed by atoms with Crippen LogP contribution in [0.15, 0.2) is 217 Å². The molecule has 14 nitrogen and oxygen atoms in total. The number of furan rings is 1. The van der Waals surface area contributed by atoms with E-state index in [4.69, 9.17) is 15.1 Å². The summed E-state index contributed by atoms with van der Waals surface area (Å²) in [5, 5.41) is 0. The van der Waals surface area contributed by atoms with Gasteiger partial charge in [-0.05, 0) is 392 Å². The molecule has 7 aliphatic heterocycles. The van der Waals surface area contributed by atoms with Crippen molar-refractivity contribution < 1.29 is 8.53 Å². The molecule has 0 radical (unpaired) electrons. The van der Waals surface area contributed by atoms with E-state index in [0.29, 0.717) is 42.3 Å². The standard InChI is InChI=1S/C19H24N2.C18H28N2.C18H23NO.3C16H26N2.C15H20N2/c1-19(2,3)21-14-6-9-18(21)17-8-5-4-7-16(17)15-10-12-20-13-11-15;1-18(2,3)20-13-7-10-17(20)15-8-5-6-9-16(15)19(4)14-11-12-14;1-18(2,3)19-11-6-9-17(19)16-8-5-4-7-15(16)14-10-12-20-13-14;3*1-16(2,3)18-12-8-11-15(18)13-9-6-7-10-14(13)17(4)5;1-15(2,3)17-11-7-10-14(17)12-8-5-6-9-13(12)16-4/h4-5,7-8,10-13,18H,6,9,14H2,1-3H3;5-6,8-9,14,17H,7,10-13H2,1-4H3;4-5,7-8,10,12-13,17H,6,9,11H2,1-3H3;3*6-7,9-10,15H,8,11-12H2,1-5H3;5-6,8-9,14H,7,10-11H2,1-3H3/t;;;2*15-;;/m...00../s1/i;;;4D3;;;. The van der Waals surface area contributed by atoms with Crippen LogP contribution < -0.4 is 19.6 Å². The van der Waals surface area contributed by atoms with E-state index < -0.39 is 6.98 Å². The molecule has 2 aromatic heterocycles. The Bertz CT molecular complexity index is 5100. The first kappa shape index (κ1) is 99.3. The number of anilines is 4. The Kier molecular flexibility index (Phi) is 34.1. The molecule has 0 spiro atoms. The Morgan fingerprint density at radius 1 is 0.303 bits per heavy atom. The van der Waals surface area contributed by atoms with Crippen molar-refractivity contribution in [3.05, 3.63) is 263 Å². The van der Waals surface area contributed by atoms with E-state index in [9.17, 15) is 0 Å². The van der Waals surface area contributed by atoms with E-state index in [-0.39, 0.29) is 38.8 Å². The molecule has 0 N–H and O–H groups in total. The Morgan fingerprint density at radius 3 is 0.848 bits per heavy atom. The van der Waals surface area contributed by atoms with Crippen molar-refractivity contribution in [1.29, 1.82) is 0 Å². The molecule has 7 aromatic carbocycles. The van der Waals surface area contributed by atoms with Crippen LogP contribution in [0.5, 0.6) is 0 Å². The van der Waals surface area contributed by atoms with Crippen molar-refractivity contribution in [2.45, 2.75) is 335 Å². The average molecular weight is 1790 g/mol. The molecule has 7 saturated heterocycles. The smallest absolute Gasteiger partial charge is 0.191 e. The molecule has 9 heterocycles. The lowest BCUT2D eigenvalue weighted by Crippen LogP contribution is -2.41. The van der Waals surface area contributed by atoms with Crippen LogP contribution in [0.25, 0.3) is 27.1 Å². The molecular formula is C118H173N13O. The van der Waals surface area contributed by atoms with Crippen molar-refractivity contribution in [1.82, 2.24) is 39.3 Å². The fourth-order valence-corrected chi connectivity index (χ4v) is 22.3. The lowest BCUT2D eigenvalue weighted by atomic mass is 9.92. The Hall–Kier alpha value is -8.62. The van der Waals surface area contributed by atoms with Gasteiger partial charge < -0.3 is 24.0 Å². The Morgan fingerprint density at radius 2 is 0.561 bits per heavy atom. The van der Waals surface area contributed by atoms with Crippen LogP contribution in [0.3, 0.4) is 0 Å². The second-order valence-corrected chi connectivity index (χ2v) is 45.7. The molecule has 5 unspecified atom stereocenters. The number of aromatic nitrogens is 1. The molecule has 7 atom stereocenters. The summed E-state index contributed by atoms with van der Waals surface area (Å²) in [4.78, 5) is 34.5. The zero-order valence-electron chi connectivity index (χ0n) is 89.8. The van der Waals surface area contributed by atoms with Crippen LogP contribution in [0.1, 0.15) is 333 Å². The third kappa shape index (κ3) is 26.8. The summed E-state index contributed by atoms with van der Waals surface area (Å²) in [5.74, 6) is 0. The van der Waals surface area contributed by atoms with Gasteiger partial charge in [0.05, 0.1) is 19.1 Å². The minimum atomic E-state index is -2.11. The van der Waals surface area contributed by atoms with Gasteiger partial charge in [-0.3, -0.25) is 39.3 Å². The fourth-order valence-electron chi connectivity index (χ4n) is 22.3. The maximum absolute atomic E-state index is 7.66. The minimum Gasteiger partial charge on any atom is -0.472 e. The summed E-state index contributed by atoms with van der Waals surface area (Å²) in [5.41, 5.74) is 22.1. The van der Waals surface area contributed by atoms with Gasteiger partial charge in [0.1, 0.15) is 0 Å². The molecule has 0 bridgehead atoms. The monoisotopic (exact) mass is 1790 g/mol. The Balaban J connectivity index is 0.000000152. The summed E-state index contributed by atoms with van der Waals surface area (Å²) >= 11 is 0. The topological polar surface area (TPSA) is 66.0 Å². The second kappa shape index (κ2) is 45.4. The van der Waals surface area contributed by atoms with Crippen molar-refractivity contribution >= 4 is 28.4 Å². The average Bonchev–Trinajstić information content (AvgIpc) is 1.68. The SMILES string of the molecule is CC(C)(C)N1CCCC1c1ccccc1-c1ccncc1.CC(C)(C)N1CCCC1c1ccccc1-c1ccoc1.CN(C)c1ccccc1C1CCCN1C(C)(C)C.CN(C)c1ccccc1[C@@H]1CCCN1C(C)(C)C.CN(c1ccccc1C1CCCN1C(C)(C)C)C1CC1.[2H]C([2H])([2H])N(C)c1ccccc1[C@@H]1CCCN1C(C)(C)C.[C-]#[N+]c1ccccc1C1CCCN1C(C)(C)C. The highest BCUT2D eigenvalue weighted by Crippen LogP contribution is 2.49. The van der Waals surface area contributed by atoms with Gasteiger partial charge in [-0.2, -0.15) is 0 Å². The van der Waals surface area contributed by atoms with Crippen LogP contribution in [-0.4, -0.2) is 179 Å². The summed E-state index contributed by atoms with van der Waals surface area (Å²) < 4.78 is 28.3. The summed E-state index contributed by atoms with van der Waals surface area (Å²) in [6.07, 6.45) is 27.6. The molecular weight excluding hydrogens is 1620 g/mol. The highest BCUT2D eigenvalue weighted by Gasteiger charge is 2.43. The first-order chi connectivity index (χ1) is 63.6. The van der Waals surface area contributed by atoms with Crippen molar-refractivity contribution in [3.8, 4) is 22.3 Å². The molecule has 132 heavy (non-hydrogen) atoms. The third-order valence-corrected chi connectivity index (χ3v) is 28.7. The van der Waals surface area contributed by atoms with E-state index in [1.165, 1.54) is 200 Å². The molecule has 1 aliphatic carbocycles. The van der Waals surface area contributed by atoms with Crippen LogP contribution >= 0.6 is 0 Å². The zero-order chi connectivity index (χ0) is 98.3. The second-order valence-electron chi connectivity index (χ2n) is 45.7. The molecule has 14 heteroatoms. The van der Waals surface area contributed by atoms with Gasteiger partial charge in [0.15, 0.2) is 5.69 Å². The van der Waals surface area contributed by atoms with Crippen LogP contribution in [-0.2, 0) is 0 Å². The number of hydrogen-bond donors (Lipinski definition) is 0. The first-order valence-corrected chi connectivity index (χ1v) is 50.2. The van der Waals surface area contributed by atoms with Crippen molar-refractivity contribution in [3.63, 3.8) is 0 Å². The van der Waals surface area contributed by atoms with Gasteiger partial charge in [0, 0.05) is 181 Å². The maximum Gasteiger partial charge on any atom is 0.191 e. The Labute approximate surface area is 807 Å². The van der Waals surface area contributed by atoms with E-state index in [0.717, 1.165) is 48.9 Å². The number of likely N-dealkylation sites (tertiary alicyclic amines) is 7. The molecule has 8 aliphatic rings. The number of hydrogen-bond acceptors (Lipinski definition) is 13. The van der Waals surface area contributed by atoms with E-state index in [1.807, 2.05) is 55.1 Å². The van der Waals surface area contributed by atoms with Gasteiger partial charge in [-0.15, -0.1) is 0 Å². The van der Waals surface area contributed by atoms with Gasteiger partial charge in [0.2, 0.25) is 0 Å². The fraction of sp³-hybridized carbons (Fsp3) is 0.559. The predicted molar refractivity (Wildman–Crippen MR) is 566 cm³/mol. The van der Waals surface area contributed by atoms with Gasteiger partial charge in [0.25, 0.3) is 0 Å². The van der Waals surface area contributed by atoms with Crippen LogP contribution in [0.4, 0.5) is 28.4 Å². The highest BCUT2D eigenvalue weighted by molar-refractivity contribution is 5.69. The molecule has 0 amide bonds. The minimum absolute atomic E-state index is 0.0901. The largest absolute Gasteiger partial charge is 0.472 e. The number of nitrogens with zero attached hydrogens (tertiary/aromatic N) is 13. The predicted octanol–water partition coefficient (Wildman–Crippen LogP) is 29.0. The quantitative estimate of drug-likeness (QED) is 0.0972. The maximum atomic E-state index is 7.66. The molecule has 8 fully saturated rings. The molecule has 716 valence electrons. The zero-order valence-corrected chi connectivity index (χ0v) is 86.8. The lowest BCUT2D eigenvalue weighted by Gasteiger charge is -2.38. The highest BCUT2D eigenvalue weighted by atomic mass is 16.3. The molecule has 1 saturated carbocycles. The van der Waals surface area contributed by atoms with Gasteiger partial charge >= 0.3 is 0 Å². The van der Waals surface area contributed by atoms with Crippen molar-refractivity contribution in [2.75, 3.05) is 115 Å². The van der Waals surface area contributed by atoms with Crippen LogP contribution in [0.2, 0.25) is 0 Å². The number of benzene rings is 7. The third-order valence-electron chi connectivity index (χ3n) is 28.7. The van der Waals surface area contributed by atoms with E-state index in [1.54, 1.807) is 13.3 Å². The number of para-hydroxylation sites is 5. The van der Waals surface area contributed by atoms with Gasteiger partial charge in [-0.1, -0.05) is 146 Å². The van der Waals surface area contributed by atoms with Crippen LogP contribution in [0, 0.1) is 6.57 Å². The van der Waals surface area contributed by atoms with E-state index >= 15 is 0 Å². The molecule has 17 rings (SSSR count). The normalized spacial score (nSPS) is 21.8. The van der Waals surface area contributed by atoms with Gasteiger partial charge in [-0.25, -0.2) is 4.85 Å². The summed E-state index contributed by atoms with van der Waals surface area (Å²) in [6.45, 7) is 61.7. The molecule has 9 aromatic rings. The summed E-state index contributed by atoms with van der Waals surface area (Å²) in [6, 6.07) is 70.8. The van der Waals surface area contributed by atoms with Crippen molar-refractivity contribution in [2.24, 2.45) is 0 Å². The van der Waals surface area contributed by atoms with E-state index in [2.05, 4.69) is 391 Å². The number of rotatable bonds is 14. The lowest BCUT2D eigenvalue weighted by molar-refractivity contribution is 0.122. The number of pyridine rings is 1.